The number of nitrogens with zero attached hydrogens (tertiary/aromatic N) is 3. The van der Waals surface area contributed by atoms with E-state index in [2.05, 4.69) is 22.6 Å². The van der Waals surface area contributed by atoms with Crippen LogP contribution in [-0.4, -0.2) is 36.3 Å². The molecule has 0 aromatic heterocycles. The fourth-order valence-corrected chi connectivity index (χ4v) is 4.70. The summed E-state index contributed by atoms with van der Waals surface area (Å²) in [5, 5.41) is 21.3. The van der Waals surface area contributed by atoms with E-state index in [1.807, 2.05) is 37.4 Å². The van der Waals surface area contributed by atoms with Crippen LogP contribution in [-0.2, 0) is 0 Å². The molecule has 0 atom stereocenters. The van der Waals surface area contributed by atoms with Gasteiger partial charge in [-0.25, -0.2) is 8.98 Å². The predicted molar refractivity (Wildman–Crippen MR) is 129 cm³/mol. The van der Waals surface area contributed by atoms with Crippen LogP contribution in [0.4, 0.5) is 21.5 Å². The third-order valence-electron chi connectivity index (χ3n) is 6.40. The number of aliphatic imine (C=N–C) groups is 1. The molecule has 33 heavy (non-hydrogen) atoms. The third kappa shape index (κ3) is 4.49. The van der Waals surface area contributed by atoms with Gasteiger partial charge in [-0.3, -0.25) is 4.99 Å². The van der Waals surface area contributed by atoms with E-state index in [4.69, 9.17) is 16.6 Å². The topological polar surface area (TPSA) is 59.8 Å². The zero-order chi connectivity index (χ0) is 23.0. The lowest BCUT2D eigenvalue weighted by atomic mass is 9.87. The van der Waals surface area contributed by atoms with E-state index >= 15 is 0 Å². The number of para-hydroxylation sites is 1. The van der Waals surface area contributed by atoms with E-state index in [-0.39, 0.29) is 17.6 Å². The van der Waals surface area contributed by atoms with Gasteiger partial charge < -0.3 is 10.4 Å². The maximum Gasteiger partial charge on any atom is 0.123 e. The molecule has 0 radical (unpaired) electrons. The van der Waals surface area contributed by atoms with Crippen LogP contribution < -0.4 is 10.4 Å². The highest BCUT2D eigenvalue weighted by molar-refractivity contribution is 6.31. The third-order valence-corrected chi connectivity index (χ3v) is 6.64. The van der Waals surface area contributed by atoms with Crippen molar-refractivity contribution in [3.8, 4) is 0 Å². The summed E-state index contributed by atoms with van der Waals surface area (Å²) in [6.07, 6.45) is 1.69. The summed E-state index contributed by atoms with van der Waals surface area (Å²) in [4.78, 5) is 5.06. The maximum absolute atomic E-state index is 13.2. The fourth-order valence-electron chi connectivity index (χ4n) is 4.53. The first kappa shape index (κ1) is 21.6. The number of benzene rings is 3. The van der Waals surface area contributed by atoms with E-state index < -0.39 is 0 Å². The summed E-state index contributed by atoms with van der Waals surface area (Å²) in [5.74, 6) is -0.448. The predicted octanol–water partition coefficient (Wildman–Crippen LogP) is 5.24. The van der Waals surface area contributed by atoms with Crippen molar-refractivity contribution in [2.24, 2.45) is 16.0 Å². The highest BCUT2D eigenvalue weighted by Gasteiger charge is 2.34. The molecular weight excluding hydrogens is 439 g/mol. The Morgan fingerprint density at radius 3 is 2.55 bits per heavy atom. The smallest absolute Gasteiger partial charge is 0.123 e. The summed E-state index contributed by atoms with van der Waals surface area (Å²) in [5.41, 5.74) is 5.31. The standard InChI is InChI=1S/C26H24ClFN4O/c1-32(31-26(33)18-6-9-20(28)10-7-18)14-12-17(13-15-32)25-21-4-2-3-5-22(21)29-23-11-8-19(27)16-24(23)30-25/h2-11,16-17H,12-15H2,1H3,(H-,29,30,31,33). The van der Waals surface area contributed by atoms with Gasteiger partial charge in [0.15, 0.2) is 0 Å². The Balaban J connectivity index is 1.42. The van der Waals surface area contributed by atoms with E-state index in [0.717, 1.165) is 41.2 Å². The minimum absolute atomic E-state index is 0.236. The Morgan fingerprint density at radius 1 is 1.06 bits per heavy atom. The van der Waals surface area contributed by atoms with Crippen LogP contribution in [0, 0.1) is 11.7 Å². The van der Waals surface area contributed by atoms with Crippen LogP contribution in [0.15, 0.2) is 76.8 Å². The molecule has 2 heterocycles. The van der Waals surface area contributed by atoms with Gasteiger partial charge in [-0.15, -0.1) is 0 Å². The first-order valence-electron chi connectivity index (χ1n) is 11.0. The van der Waals surface area contributed by atoms with Gasteiger partial charge in [0.1, 0.15) is 18.9 Å². The average molecular weight is 463 g/mol. The Labute approximate surface area is 197 Å². The number of halogens is 2. The summed E-state index contributed by atoms with van der Waals surface area (Å²) in [7, 11) is 1.97. The molecule has 0 aliphatic carbocycles. The van der Waals surface area contributed by atoms with Gasteiger partial charge in [0.25, 0.3) is 0 Å². The summed E-state index contributed by atoms with van der Waals surface area (Å²) >= 11 is 6.26. The van der Waals surface area contributed by atoms with E-state index in [1.165, 1.54) is 24.3 Å². The number of piperidine rings is 1. The van der Waals surface area contributed by atoms with Crippen molar-refractivity contribution < 1.29 is 14.1 Å². The zero-order valence-corrected chi connectivity index (χ0v) is 19.0. The molecule has 5 nitrogen and oxygen atoms in total. The maximum atomic E-state index is 13.2. The van der Waals surface area contributed by atoms with Gasteiger partial charge >= 0.3 is 0 Å². The summed E-state index contributed by atoms with van der Waals surface area (Å²) in [6, 6.07) is 19.4. The van der Waals surface area contributed by atoms with Crippen LogP contribution in [0.25, 0.3) is 0 Å². The molecule has 1 N–H and O–H groups in total. The summed E-state index contributed by atoms with van der Waals surface area (Å²) in [6.45, 7) is 1.43. The molecule has 0 saturated carbocycles. The molecule has 1 fully saturated rings. The molecular formula is C26H24ClFN4O. The largest absolute Gasteiger partial charge is 0.855 e. The van der Waals surface area contributed by atoms with Gasteiger partial charge in [0, 0.05) is 35.0 Å². The molecule has 5 rings (SSSR count). The number of quaternary nitrogens is 1. The van der Waals surface area contributed by atoms with E-state index in [9.17, 15) is 9.50 Å². The second-order valence-corrected chi connectivity index (χ2v) is 9.24. The van der Waals surface area contributed by atoms with Crippen molar-refractivity contribution in [2.75, 3.05) is 25.5 Å². The number of hydrogen-bond acceptors (Lipinski definition) is 4. The van der Waals surface area contributed by atoms with Crippen LogP contribution in [0.2, 0.25) is 5.02 Å². The molecule has 3 aromatic rings. The molecule has 0 spiro atoms. The number of anilines is 2. The Kier molecular flexibility index (Phi) is 5.64. The monoisotopic (exact) mass is 462 g/mol. The van der Waals surface area contributed by atoms with Crippen LogP contribution in [0.1, 0.15) is 24.0 Å². The minimum Gasteiger partial charge on any atom is -0.855 e. The van der Waals surface area contributed by atoms with Gasteiger partial charge in [-0.2, -0.15) is 0 Å². The van der Waals surface area contributed by atoms with Crippen LogP contribution in [0.3, 0.4) is 0 Å². The lowest BCUT2D eigenvalue weighted by molar-refractivity contribution is -0.922. The Morgan fingerprint density at radius 2 is 1.79 bits per heavy atom. The highest BCUT2D eigenvalue weighted by Crippen LogP contribution is 2.39. The lowest BCUT2D eigenvalue weighted by Crippen LogP contribution is -2.48. The Hall–Kier alpha value is -3.22. The number of nitrogens with one attached hydrogen (secondary N) is 1. The first-order valence-corrected chi connectivity index (χ1v) is 11.4. The van der Waals surface area contributed by atoms with Crippen LogP contribution in [0.5, 0.6) is 0 Å². The molecule has 7 heteroatoms. The van der Waals surface area contributed by atoms with Crippen molar-refractivity contribution in [1.82, 2.24) is 0 Å². The van der Waals surface area contributed by atoms with Crippen molar-refractivity contribution in [1.29, 1.82) is 0 Å². The van der Waals surface area contributed by atoms with E-state index in [1.54, 1.807) is 0 Å². The second-order valence-electron chi connectivity index (χ2n) is 8.80. The number of fused-ring (bicyclic) bond motifs is 2. The lowest BCUT2D eigenvalue weighted by Gasteiger charge is -2.37. The van der Waals surface area contributed by atoms with Gasteiger partial charge in [-0.1, -0.05) is 47.0 Å². The number of hydrogen-bond donors (Lipinski definition) is 1. The molecule has 0 unspecified atom stereocenters. The van der Waals surface area contributed by atoms with Crippen molar-refractivity contribution in [3.05, 3.63) is 88.7 Å². The minimum atomic E-state index is -0.366. The average Bonchev–Trinajstić information content (AvgIpc) is 2.96. The van der Waals surface area contributed by atoms with Crippen molar-refractivity contribution in [2.45, 2.75) is 12.8 Å². The molecule has 0 amide bonds. The van der Waals surface area contributed by atoms with Crippen molar-refractivity contribution in [3.63, 3.8) is 0 Å². The van der Waals surface area contributed by atoms with Crippen LogP contribution >= 0.6 is 11.6 Å². The summed E-state index contributed by atoms with van der Waals surface area (Å²) < 4.78 is 13.5. The van der Waals surface area contributed by atoms with Gasteiger partial charge in [0.05, 0.1) is 30.0 Å². The Bertz CT molecular complexity index is 1250. The van der Waals surface area contributed by atoms with E-state index in [0.29, 0.717) is 28.3 Å². The zero-order valence-electron chi connectivity index (χ0n) is 18.3. The molecule has 2 aliphatic heterocycles. The quantitative estimate of drug-likeness (QED) is 0.329. The first-order chi connectivity index (χ1) is 15.9. The fraction of sp³-hybridized carbons (Fsp3) is 0.231. The normalized spacial score (nSPS) is 22.5. The van der Waals surface area contributed by atoms with Gasteiger partial charge in [-0.05, 0) is 42.0 Å². The molecule has 168 valence electrons. The molecule has 3 aromatic carbocycles. The SMILES string of the molecule is C[N+]1(/N=C(\[O-])c2ccc(F)cc2)CCC(C2=Nc3cc(Cl)ccc3Nc3ccccc32)CC1. The number of rotatable bonds is 3. The second kappa shape index (κ2) is 8.61. The molecule has 1 saturated heterocycles. The highest BCUT2D eigenvalue weighted by atomic mass is 35.5. The molecule has 2 aliphatic rings. The molecule has 0 bridgehead atoms. The number of likely N-dealkylation sites (tertiary alicyclic amines) is 1. The van der Waals surface area contributed by atoms with Crippen molar-refractivity contribution >= 4 is 40.3 Å². The van der Waals surface area contributed by atoms with Gasteiger partial charge in [0.2, 0.25) is 0 Å².